The molecule has 0 spiro atoms. The second-order valence-electron chi connectivity index (χ2n) is 8.32. The number of imidazole rings is 1. The van der Waals surface area contributed by atoms with Crippen molar-refractivity contribution in [3.8, 4) is 11.6 Å². The van der Waals surface area contributed by atoms with Crippen molar-refractivity contribution in [2.24, 2.45) is 0 Å². The highest BCUT2D eigenvalue weighted by Crippen LogP contribution is 2.37. The van der Waals surface area contributed by atoms with Crippen LogP contribution in [0.25, 0.3) is 16.9 Å². The smallest absolute Gasteiger partial charge is 0.410 e. The lowest BCUT2D eigenvalue weighted by Crippen LogP contribution is -2.36. The van der Waals surface area contributed by atoms with E-state index in [1.807, 2.05) is 13.8 Å². The van der Waals surface area contributed by atoms with Gasteiger partial charge in [-0.05, 0) is 49.2 Å². The minimum absolute atomic E-state index is 0.126. The number of aryl methyl sites for hydroxylation is 2. The minimum atomic E-state index is -4.61. The van der Waals surface area contributed by atoms with E-state index in [-0.39, 0.29) is 24.2 Å². The van der Waals surface area contributed by atoms with Crippen molar-refractivity contribution in [3.05, 3.63) is 82.3 Å². The van der Waals surface area contributed by atoms with Gasteiger partial charge in [-0.25, -0.2) is 23.3 Å². The van der Waals surface area contributed by atoms with Crippen molar-refractivity contribution in [2.75, 3.05) is 6.54 Å². The summed E-state index contributed by atoms with van der Waals surface area (Å²) in [6, 6.07) is 12.1. The summed E-state index contributed by atoms with van der Waals surface area (Å²) in [5, 5.41) is -0.444. The summed E-state index contributed by atoms with van der Waals surface area (Å²) in [4.78, 5) is 21.2. The van der Waals surface area contributed by atoms with Gasteiger partial charge < -0.3 is 4.74 Å². The Morgan fingerprint density at radius 3 is 2.47 bits per heavy atom. The van der Waals surface area contributed by atoms with Gasteiger partial charge in [0.25, 0.3) is 11.3 Å². The molecule has 0 bridgehead atoms. The summed E-state index contributed by atoms with van der Waals surface area (Å²) < 4.78 is 68.7. The van der Waals surface area contributed by atoms with Crippen LogP contribution in [0.2, 0.25) is 5.02 Å². The Hall–Kier alpha value is -3.48. The molecule has 0 fully saturated rings. The third-order valence-corrected chi connectivity index (χ3v) is 6.72. The minimum Gasteiger partial charge on any atom is -0.410 e. The van der Waals surface area contributed by atoms with E-state index < -0.39 is 34.1 Å². The van der Waals surface area contributed by atoms with E-state index in [0.717, 1.165) is 11.6 Å². The van der Waals surface area contributed by atoms with E-state index in [1.54, 1.807) is 41.0 Å². The topological polar surface area (TPSA) is 97.6 Å². The van der Waals surface area contributed by atoms with Crippen LogP contribution >= 0.6 is 11.6 Å². The summed E-state index contributed by atoms with van der Waals surface area (Å²) in [6.45, 7) is 3.56. The van der Waals surface area contributed by atoms with Gasteiger partial charge in [-0.15, -0.1) is 0 Å². The van der Waals surface area contributed by atoms with Crippen molar-refractivity contribution in [1.29, 1.82) is 0 Å². The molecular weight excluding hydrogens is 545 g/mol. The first-order valence-corrected chi connectivity index (χ1v) is 12.8. The quantitative estimate of drug-likeness (QED) is 0.270. The lowest BCUT2D eigenvalue weighted by molar-refractivity contribution is -0.137. The van der Waals surface area contributed by atoms with Crippen LogP contribution in [-0.4, -0.2) is 40.2 Å². The third kappa shape index (κ3) is 5.98. The average Bonchev–Trinajstić information content (AvgIpc) is 3.22. The maximum atomic E-state index is 13.3. The predicted octanol–water partition coefficient (Wildman–Crippen LogP) is 6.14. The molecule has 0 aliphatic rings. The number of alkyl halides is 3. The van der Waals surface area contributed by atoms with Crippen LogP contribution < -0.4 is 4.74 Å². The number of carbonyl (C=O) groups excluding carboxylic acids is 1. The molecule has 4 aromatic rings. The van der Waals surface area contributed by atoms with Crippen molar-refractivity contribution in [1.82, 2.24) is 18.8 Å². The van der Waals surface area contributed by atoms with E-state index in [1.165, 1.54) is 12.3 Å². The molecule has 1 N–H and O–H groups in total. The van der Waals surface area contributed by atoms with Crippen LogP contribution in [0.15, 0.2) is 54.7 Å². The number of amides is 1. The zero-order valence-electron chi connectivity index (χ0n) is 20.2. The summed E-state index contributed by atoms with van der Waals surface area (Å²) in [6.07, 6.45) is -3.46. The second-order valence-corrected chi connectivity index (χ2v) is 9.63. The fraction of sp³-hybridized carbons (Fsp3) is 0.240. The Morgan fingerprint density at radius 1 is 1.18 bits per heavy atom. The van der Waals surface area contributed by atoms with Crippen LogP contribution in [0.5, 0.6) is 5.75 Å². The Balaban J connectivity index is 1.53. The van der Waals surface area contributed by atoms with Gasteiger partial charge in [-0.2, -0.15) is 13.2 Å². The number of benzene rings is 2. The van der Waals surface area contributed by atoms with Gasteiger partial charge in [0.15, 0.2) is 0 Å². The van der Waals surface area contributed by atoms with Crippen molar-refractivity contribution >= 4 is 40.0 Å². The zero-order valence-corrected chi connectivity index (χ0v) is 21.8. The number of hydrogen-bond donors (Lipinski definition) is 1. The van der Waals surface area contributed by atoms with Gasteiger partial charge in [0, 0.05) is 19.2 Å². The number of fused-ring (bicyclic) bond motifs is 1. The number of halogens is 4. The van der Waals surface area contributed by atoms with Gasteiger partial charge in [0.1, 0.15) is 17.4 Å². The number of hydrogen-bond acceptors (Lipinski definition) is 5. The fourth-order valence-corrected chi connectivity index (χ4v) is 4.45. The lowest BCUT2D eigenvalue weighted by Gasteiger charge is -2.17. The summed E-state index contributed by atoms with van der Waals surface area (Å²) >= 11 is 3.32. The number of aromatic nitrogens is 3. The van der Waals surface area contributed by atoms with Crippen molar-refractivity contribution in [3.63, 3.8) is 0 Å². The average molecular weight is 567 g/mol. The third-order valence-electron chi connectivity index (χ3n) is 5.69. The van der Waals surface area contributed by atoms with E-state index >= 15 is 0 Å². The molecule has 1 unspecified atom stereocenters. The fourth-order valence-electron chi connectivity index (χ4n) is 3.78. The lowest BCUT2D eigenvalue weighted by atomic mass is 10.2. The highest BCUT2D eigenvalue weighted by Gasteiger charge is 2.34. The summed E-state index contributed by atoms with van der Waals surface area (Å²) in [5.41, 5.74) is 1.16. The van der Waals surface area contributed by atoms with Gasteiger partial charge >= 0.3 is 12.3 Å². The molecule has 2 heterocycles. The molecule has 8 nitrogen and oxygen atoms in total. The molecule has 2 aromatic carbocycles. The number of ether oxygens (including phenoxy) is 1. The molecule has 0 aliphatic carbocycles. The molecule has 13 heteroatoms. The normalized spacial score (nSPS) is 12.5. The van der Waals surface area contributed by atoms with Gasteiger partial charge in [-0.3, -0.25) is 9.12 Å². The first-order valence-electron chi connectivity index (χ1n) is 11.4. The number of nitrogens with zero attached hydrogens (tertiary/aromatic N) is 4. The first-order chi connectivity index (χ1) is 18.0. The maximum absolute atomic E-state index is 13.3. The van der Waals surface area contributed by atoms with Crippen LogP contribution in [0, 0.1) is 6.92 Å². The van der Waals surface area contributed by atoms with Gasteiger partial charge in [-0.1, -0.05) is 42.3 Å². The van der Waals surface area contributed by atoms with Crippen molar-refractivity contribution in [2.45, 2.75) is 32.9 Å². The number of rotatable bonds is 7. The number of pyridine rings is 1. The Bertz CT molecular complexity index is 1490. The van der Waals surface area contributed by atoms with E-state index in [9.17, 15) is 26.7 Å². The van der Waals surface area contributed by atoms with Crippen LogP contribution in [-0.2, 0) is 30.3 Å². The molecule has 1 atom stereocenters. The molecule has 4 rings (SSSR count). The molecule has 2 aromatic heterocycles. The maximum Gasteiger partial charge on any atom is 0.428 e. The molecule has 0 aliphatic heterocycles. The largest absolute Gasteiger partial charge is 0.428 e. The van der Waals surface area contributed by atoms with Gasteiger partial charge in [0.2, 0.25) is 0 Å². The molecule has 1 amide bonds. The Kier molecular flexibility index (Phi) is 8.05. The highest BCUT2D eigenvalue weighted by atomic mass is 35.5. The van der Waals surface area contributed by atoms with Crippen molar-refractivity contribution < 1.29 is 31.5 Å². The number of carbonyl (C=O) groups is 1. The monoisotopic (exact) mass is 566 g/mol. The standard InChI is InChI=1S/C25H22ClF3N4O4S/c1-3-22-31-20-12-18(25(27,28)29)19(26)13-21(20)33(22)23-9-6-16(14-30-23)10-11-32(38(35)36)24(34)37-17-7-4-15(2)5-8-17/h4-9,12-14H,3,10-11H2,1-2H3,(H,35,36). The molecule has 0 saturated carbocycles. The first kappa shape index (κ1) is 27.6. The zero-order chi connectivity index (χ0) is 27.6. The van der Waals surface area contributed by atoms with Gasteiger partial charge in [0.05, 0.1) is 21.6 Å². The molecule has 200 valence electrons. The van der Waals surface area contributed by atoms with E-state index in [0.29, 0.717) is 33.4 Å². The van der Waals surface area contributed by atoms with Crippen LogP contribution in [0.3, 0.4) is 0 Å². The predicted molar refractivity (Wildman–Crippen MR) is 137 cm³/mol. The molecule has 0 radical (unpaired) electrons. The SMILES string of the molecule is CCc1nc2cc(C(F)(F)F)c(Cl)cc2n1-c1ccc(CCN(C(=O)Oc2ccc(C)cc2)S(=O)O)cn1. The molecule has 0 saturated heterocycles. The van der Waals surface area contributed by atoms with Crippen LogP contribution in [0.1, 0.15) is 29.4 Å². The van der Waals surface area contributed by atoms with Crippen LogP contribution in [0.4, 0.5) is 18.0 Å². The second kappa shape index (κ2) is 11.1. The summed E-state index contributed by atoms with van der Waals surface area (Å²) in [7, 11) is 0. The summed E-state index contributed by atoms with van der Waals surface area (Å²) in [5.74, 6) is 1.14. The highest BCUT2D eigenvalue weighted by molar-refractivity contribution is 7.77. The van der Waals surface area contributed by atoms with E-state index in [2.05, 4.69) is 9.97 Å². The molecule has 38 heavy (non-hydrogen) atoms. The Labute approximate surface area is 223 Å². The Morgan fingerprint density at radius 2 is 1.89 bits per heavy atom. The van der Waals surface area contributed by atoms with E-state index in [4.69, 9.17) is 16.3 Å². The molecular formula is C25H22ClF3N4O4S.